The van der Waals surface area contributed by atoms with Crippen molar-refractivity contribution in [2.45, 2.75) is 0 Å². The van der Waals surface area contributed by atoms with Crippen LogP contribution in [0.1, 0.15) is 15.9 Å². The quantitative estimate of drug-likeness (QED) is 0.728. The first-order valence-electron chi connectivity index (χ1n) is 3.74. The first-order valence-corrected chi connectivity index (χ1v) is 3.74. The summed E-state index contributed by atoms with van der Waals surface area (Å²) in [5.74, 6) is -1.69. The van der Waals surface area contributed by atoms with Crippen LogP contribution in [0.3, 0.4) is 0 Å². The molecule has 0 aromatic heterocycles. The molecule has 0 atom stereocenters. The highest BCUT2D eigenvalue weighted by molar-refractivity contribution is 5.92. The maximum Gasteiger partial charge on any atom is 0.336 e. The number of halogens is 1. The summed E-state index contributed by atoms with van der Waals surface area (Å²) in [5, 5.41) is 17.0. The highest BCUT2D eigenvalue weighted by Gasteiger charge is 2.08. The average Bonchev–Trinajstić information content (AvgIpc) is 2.14. The first kappa shape index (κ1) is 9.93. The van der Waals surface area contributed by atoms with Gasteiger partial charge < -0.3 is 5.11 Å². The van der Waals surface area contributed by atoms with Crippen molar-refractivity contribution in [3.05, 3.63) is 41.2 Å². The Morgan fingerprint density at radius 1 is 1.57 bits per heavy atom. The summed E-state index contributed by atoms with van der Waals surface area (Å²) in [4.78, 5) is 10.7. The smallest absolute Gasteiger partial charge is 0.336 e. The summed E-state index contributed by atoms with van der Waals surface area (Å²) < 4.78 is 12.7. The molecule has 1 aromatic rings. The molecule has 0 fully saturated rings. The fourth-order valence-electron chi connectivity index (χ4n) is 0.993. The second-order valence-electron chi connectivity index (χ2n) is 2.50. The zero-order valence-corrected chi connectivity index (χ0v) is 7.07. The maximum absolute atomic E-state index is 12.7. The highest BCUT2D eigenvalue weighted by atomic mass is 19.1. The Hall–Kier alpha value is -2.15. The van der Waals surface area contributed by atoms with E-state index in [9.17, 15) is 9.18 Å². The van der Waals surface area contributed by atoms with Crippen LogP contribution in [0.4, 0.5) is 4.39 Å². The SMILES string of the molecule is N#CC=Cc1cc(F)ccc1C(=O)O. The lowest BCUT2D eigenvalue weighted by molar-refractivity contribution is 0.0696. The van der Waals surface area contributed by atoms with E-state index in [2.05, 4.69) is 0 Å². The van der Waals surface area contributed by atoms with E-state index in [1.54, 1.807) is 6.07 Å². The van der Waals surface area contributed by atoms with Crippen LogP contribution in [0.5, 0.6) is 0 Å². The number of benzene rings is 1. The molecule has 0 aliphatic heterocycles. The molecule has 1 rings (SSSR count). The molecule has 0 aliphatic rings. The van der Waals surface area contributed by atoms with Crippen LogP contribution >= 0.6 is 0 Å². The lowest BCUT2D eigenvalue weighted by atomic mass is 10.1. The standard InChI is InChI=1S/C10H6FNO2/c11-8-3-4-9(10(13)14)7(6-8)2-1-5-12/h1-4,6H,(H,13,14). The summed E-state index contributed by atoms with van der Waals surface area (Å²) in [5.41, 5.74) is 0.150. The van der Waals surface area contributed by atoms with Crippen LogP contribution in [0.2, 0.25) is 0 Å². The molecule has 0 amide bonds. The topological polar surface area (TPSA) is 61.1 Å². The molecular formula is C10H6FNO2. The zero-order chi connectivity index (χ0) is 10.6. The average molecular weight is 191 g/mol. The number of carboxylic acids is 1. The second kappa shape index (κ2) is 4.19. The molecule has 4 heteroatoms. The first-order chi connectivity index (χ1) is 6.65. The molecule has 1 aromatic carbocycles. The third-order valence-corrected chi connectivity index (χ3v) is 1.58. The van der Waals surface area contributed by atoms with Gasteiger partial charge in [-0.15, -0.1) is 0 Å². The molecule has 0 spiro atoms. The summed E-state index contributed by atoms with van der Waals surface area (Å²) in [7, 11) is 0. The van der Waals surface area contributed by atoms with Crippen LogP contribution in [0, 0.1) is 17.1 Å². The highest BCUT2D eigenvalue weighted by Crippen LogP contribution is 2.13. The van der Waals surface area contributed by atoms with Crippen molar-refractivity contribution < 1.29 is 14.3 Å². The number of carbonyl (C=O) groups is 1. The van der Waals surface area contributed by atoms with Crippen LogP contribution in [0.25, 0.3) is 6.08 Å². The summed E-state index contributed by atoms with van der Waals surface area (Å²) in [6.07, 6.45) is 2.35. The van der Waals surface area contributed by atoms with Gasteiger partial charge >= 0.3 is 5.97 Å². The number of nitriles is 1. The number of aromatic carboxylic acids is 1. The molecule has 0 unspecified atom stereocenters. The molecule has 70 valence electrons. The Bertz CT molecular complexity index is 432. The summed E-state index contributed by atoms with van der Waals surface area (Å²) in [6.45, 7) is 0. The monoisotopic (exact) mass is 191 g/mol. The Morgan fingerprint density at radius 2 is 2.29 bits per heavy atom. The predicted octanol–water partition coefficient (Wildman–Crippen LogP) is 2.06. The van der Waals surface area contributed by atoms with E-state index in [1.807, 2.05) is 0 Å². The Kier molecular flexibility index (Phi) is 2.97. The number of allylic oxidation sites excluding steroid dienone is 1. The van der Waals surface area contributed by atoms with Gasteiger partial charge in [-0.1, -0.05) is 0 Å². The predicted molar refractivity (Wildman–Crippen MR) is 48.0 cm³/mol. The molecule has 3 nitrogen and oxygen atoms in total. The van der Waals surface area contributed by atoms with E-state index in [0.29, 0.717) is 0 Å². The van der Waals surface area contributed by atoms with Crippen LogP contribution in [-0.2, 0) is 0 Å². The van der Waals surface area contributed by atoms with Crippen molar-refractivity contribution in [2.75, 3.05) is 0 Å². The van der Waals surface area contributed by atoms with Crippen molar-refractivity contribution in [1.29, 1.82) is 5.26 Å². The lowest BCUT2D eigenvalue weighted by Crippen LogP contribution is -1.99. The summed E-state index contributed by atoms with van der Waals surface area (Å²) in [6, 6.07) is 5.00. The van der Waals surface area contributed by atoms with Crippen molar-refractivity contribution in [2.24, 2.45) is 0 Å². The van der Waals surface area contributed by atoms with E-state index < -0.39 is 11.8 Å². The molecule has 0 radical (unpaired) electrons. The van der Waals surface area contributed by atoms with E-state index >= 15 is 0 Å². The lowest BCUT2D eigenvalue weighted by Gasteiger charge is -1.99. The number of hydrogen-bond donors (Lipinski definition) is 1. The van der Waals surface area contributed by atoms with E-state index in [4.69, 9.17) is 10.4 Å². The second-order valence-corrected chi connectivity index (χ2v) is 2.50. The van der Waals surface area contributed by atoms with Gasteiger partial charge in [0.15, 0.2) is 0 Å². The van der Waals surface area contributed by atoms with Crippen molar-refractivity contribution >= 4 is 12.0 Å². The normalized spacial score (nSPS) is 10.0. The molecule has 1 N–H and O–H groups in total. The Morgan fingerprint density at radius 3 is 2.86 bits per heavy atom. The third-order valence-electron chi connectivity index (χ3n) is 1.58. The number of hydrogen-bond acceptors (Lipinski definition) is 2. The number of nitrogens with zero attached hydrogens (tertiary/aromatic N) is 1. The third kappa shape index (κ3) is 2.17. The Balaban J connectivity index is 3.24. The molecule has 0 saturated heterocycles. The van der Waals surface area contributed by atoms with E-state index in [-0.39, 0.29) is 11.1 Å². The number of carboxylic acid groups (broad SMARTS) is 1. The largest absolute Gasteiger partial charge is 0.478 e. The van der Waals surface area contributed by atoms with E-state index in [0.717, 1.165) is 24.3 Å². The maximum atomic E-state index is 12.7. The van der Waals surface area contributed by atoms with Gasteiger partial charge in [0.2, 0.25) is 0 Å². The minimum atomic E-state index is -1.15. The van der Waals surface area contributed by atoms with Gasteiger partial charge in [0.25, 0.3) is 0 Å². The van der Waals surface area contributed by atoms with Gasteiger partial charge in [0.1, 0.15) is 5.82 Å². The van der Waals surface area contributed by atoms with Crippen LogP contribution in [-0.4, -0.2) is 11.1 Å². The Labute approximate surface area is 79.7 Å². The molecule has 0 saturated carbocycles. The summed E-state index contributed by atoms with van der Waals surface area (Å²) >= 11 is 0. The zero-order valence-electron chi connectivity index (χ0n) is 7.07. The minimum Gasteiger partial charge on any atom is -0.478 e. The fourth-order valence-corrected chi connectivity index (χ4v) is 0.993. The number of rotatable bonds is 2. The van der Waals surface area contributed by atoms with Crippen molar-refractivity contribution in [3.8, 4) is 6.07 Å². The van der Waals surface area contributed by atoms with Gasteiger partial charge in [-0.25, -0.2) is 9.18 Å². The van der Waals surface area contributed by atoms with Crippen molar-refractivity contribution in [3.63, 3.8) is 0 Å². The molecule has 0 aliphatic carbocycles. The minimum absolute atomic E-state index is 0.0297. The van der Waals surface area contributed by atoms with E-state index in [1.165, 1.54) is 6.08 Å². The van der Waals surface area contributed by atoms with Gasteiger partial charge in [-0.2, -0.15) is 5.26 Å². The molecular weight excluding hydrogens is 185 g/mol. The molecule has 0 heterocycles. The molecule has 14 heavy (non-hydrogen) atoms. The van der Waals surface area contributed by atoms with Gasteiger partial charge in [0.05, 0.1) is 11.6 Å². The van der Waals surface area contributed by atoms with Gasteiger partial charge in [-0.05, 0) is 29.8 Å². The van der Waals surface area contributed by atoms with Crippen LogP contribution in [0.15, 0.2) is 24.3 Å². The van der Waals surface area contributed by atoms with Gasteiger partial charge in [0, 0.05) is 6.08 Å². The molecule has 0 bridgehead atoms. The van der Waals surface area contributed by atoms with Gasteiger partial charge in [-0.3, -0.25) is 0 Å². The van der Waals surface area contributed by atoms with Crippen molar-refractivity contribution in [1.82, 2.24) is 0 Å². The fraction of sp³-hybridized carbons (Fsp3) is 0. The van der Waals surface area contributed by atoms with Crippen LogP contribution < -0.4 is 0 Å².